The Morgan fingerprint density at radius 1 is 1.41 bits per heavy atom. The van der Waals surface area contributed by atoms with Crippen LogP contribution in [0.4, 0.5) is 0 Å². The van der Waals surface area contributed by atoms with Crippen LogP contribution >= 0.6 is 11.3 Å². The van der Waals surface area contributed by atoms with Gasteiger partial charge in [0.25, 0.3) is 0 Å². The zero-order chi connectivity index (χ0) is 12.4. The molecule has 0 atom stereocenters. The zero-order valence-corrected chi connectivity index (χ0v) is 9.70. The van der Waals surface area contributed by atoms with Crippen molar-refractivity contribution in [1.82, 2.24) is 9.88 Å². The van der Waals surface area contributed by atoms with Gasteiger partial charge in [-0.2, -0.15) is 0 Å². The first-order valence-electron chi connectivity index (χ1n) is 5.09. The van der Waals surface area contributed by atoms with Crippen molar-refractivity contribution in [2.75, 3.05) is 6.54 Å². The van der Waals surface area contributed by atoms with Gasteiger partial charge in [-0.25, -0.2) is 9.78 Å². The van der Waals surface area contributed by atoms with Gasteiger partial charge in [0.1, 0.15) is 0 Å². The minimum absolute atomic E-state index is 0.00377. The van der Waals surface area contributed by atoms with Crippen LogP contribution in [0.15, 0.2) is 5.38 Å². The summed E-state index contributed by atoms with van der Waals surface area (Å²) < 4.78 is 0. The molecule has 1 aliphatic rings. The number of hydrogen-bond donors (Lipinski definition) is 1. The van der Waals surface area contributed by atoms with Crippen LogP contribution in [0.25, 0.3) is 0 Å². The van der Waals surface area contributed by atoms with Gasteiger partial charge in [0.05, 0.1) is 5.01 Å². The lowest BCUT2D eigenvalue weighted by atomic mass is 10.4. The predicted octanol–water partition coefficient (Wildman–Crippen LogP) is 0.533. The Balaban J connectivity index is 1.95. The summed E-state index contributed by atoms with van der Waals surface area (Å²) in [5.41, 5.74) is 0.00377. The summed E-state index contributed by atoms with van der Waals surface area (Å²) >= 11 is 1.22. The summed E-state index contributed by atoms with van der Waals surface area (Å²) in [4.78, 5) is 38.3. The number of aromatic carboxylic acids is 1. The van der Waals surface area contributed by atoms with Gasteiger partial charge in [-0.3, -0.25) is 14.5 Å². The molecule has 1 saturated heterocycles. The van der Waals surface area contributed by atoms with Crippen molar-refractivity contribution < 1.29 is 19.5 Å². The molecule has 0 spiro atoms. The summed E-state index contributed by atoms with van der Waals surface area (Å²) in [5.74, 6) is -1.39. The number of thiazole rings is 1. The zero-order valence-electron chi connectivity index (χ0n) is 8.88. The fourth-order valence-corrected chi connectivity index (χ4v) is 2.37. The van der Waals surface area contributed by atoms with Crippen LogP contribution in [-0.2, 0) is 16.0 Å². The molecule has 1 N–H and O–H groups in total. The Hall–Kier alpha value is -1.76. The average molecular weight is 254 g/mol. The number of imide groups is 1. The Bertz CT molecular complexity index is 466. The smallest absolute Gasteiger partial charge is 0.355 e. The minimum atomic E-state index is -1.07. The third kappa shape index (κ3) is 2.50. The van der Waals surface area contributed by atoms with E-state index in [9.17, 15) is 14.4 Å². The van der Waals surface area contributed by atoms with E-state index in [1.165, 1.54) is 21.6 Å². The third-order valence-corrected chi connectivity index (χ3v) is 3.38. The molecule has 90 valence electrons. The van der Waals surface area contributed by atoms with E-state index in [1.54, 1.807) is 0 Å². The third-order valence-electron chi connectivity index (χ3n) is 2.47. The topological polar surface area (TPSA) is 87.6 Å². The Morgan fingerprint density at radius 3 is 2.59 bits per heavy atom. The van der Waals surface area contributed by atoms with Crippen LogP contribution in [0.1, 0.15) is 28.3 Å². The summed E-state index contributed by atoms with van der Waals surface area (Å²) in [6.07, 6.45) is 0.962. The van der Waals surface area contributed by atoms with Crippen LogP contribution in [0.3, 0.4) is 0 Å². The summed E-state index contributed by atoms with van der Waals surface area (Å²) in [6.45, 7) is 0.282. The van der Waals surface area contributed by atoms with Crippen LogP contribution in [0, 0.1) is 0 Å². The van der Waals surface area contributed by atoms with E-state index in [0.717, 1.165) is 0 Å². The highest BCUT2D eigenvalue weighted by Crippen LogP contribution is 2.15. The van der Waals surface area contributed by atoms with Crippen molar-refractivity contribution in [3.8, 4) is 0 Å². The lowest BCUT2D eigenvalue weighted by Gasteiger charge is -2.11. The quantitative estimate of drug-likeness (QED) is 0.792. The van der Waals surface area contributed by atoms with Crippen molar-refractivity contribution in [3.63, 3.8) is 0 Å². The van der Waals surface area contributed by atoms with E-state index in [-0.39, 0.29) is 36.9 Å². The van der Waals surface area contributed by atoms with Crippen LogP contribution in [0.5, 0.6) is 0 Å². The van der Waals surface area contributed by atoms with Gasteiger partial charge in [-0.05, 0) is 0 Å². The minimum Gasteiger partial charge on any atom is -0.476 e. The first kappa shape index (κ1) is 11.7. The number of carbonyl (C=O) groups excluding carboxylic acids is 2. The molecule has 0 bridgehead atoms. The molecule has 1 aromatic heterocycles. The number of nitrogens with zero attached hydrogens (tertiary/aromatic N) is 2. The Kier molecular flexibility index (Phi) is 3.19. The molecule has 0 aromatic carbocycles. The Labute approximate surface area is 101 Å². The molecular weight excluding hydrogens is 244 g/mol. The molecule has 1 aromatic rings. The van der Waals surface area contributed by atoms with Gasteiger partial charge < -0.3 is 5.11 Å². The second kappa shape index (κ2) is 4.62. The maximum absolute atomic E-state index is 11.3. The number of rotatable bonds is 4. The number of carbonyl (C=O) groups is 3. The van der Waals surface area contributed by atoms with E-state index < -0.39 is 5.97 Å². The van der Waals surface area contributed by atoms with Gasteiger partial charge >= 0.3 is 5.97 Å². The largest absolute Gasteiger partial charge is 0.476 e. The molecule has 0 aliphatic carbocycles. The lowest BCUT2D eigenvalue weighted by molar-refractivity contribution is -0.138. The number of amides is 2. The molecule has 6 nitrogen and oxygen atoms in total. The van der Waals surface area contributed by atoms with E-state index in [2.05, 4.69) is 4.98 Å². The average Bonchev–Trinajstić information content (AvgIpc) is 2.85. The second-order valence-electron chi connectivity index (χ2n) is 3.62. The maximum Gasteiger partial charge on any atom is 0.355 e. The number of likely N-dealkylation sites (tertiary alicyclic amines) is 1. The number of carboxylic acids is 1. The summed E-state index contributed by atoms with van der Waals surface area (Å²) in [6, 6.07) is 0. The van der Waals surface area contributed by atoms with E-state index in [4.69, 9.17) is 5.11 Å². The van der Waals surface area contributed by atoms with Gasteiger partial charge in [0.2, 0.25) is 11.8 Å². The molecule has 0 radical (unpaired) electrons. The van der Waals surface area contributed by atoms with Gasteiger partial charge in [0.15, 0.2) is 5.69 Å². The van der Waals surface area contributed by atoms with Crippen molar-refractivity contribution in [1.29, 1.82) is 0 Å². The number of carboxylic acid groups (broad SMARTS) is 1. The molecule has 2 heterocycles. The molecule has 0 saturated carbocycles. The van der Waals surface area contributed by atoms with Gasteiger partial charge in [0, 0.05) is 31.2 Å². The van der Waals surface area contributed by atoms with E-state index in [0.29, 0.717) is 11.4 Å². The number of aromatic nitrogens is 1. The standard InChI is InChI=1S/C10H10N2O4S/c13-8-1-2-9(14)12(8)4-3-7-11-6(5-17-7)10(15)16/h5H,1-4H2,(H,15,16). The molecular formula is C10H10N2O4S. The van der Waals surface area contributed by atoms with E-state index >= 15 is 0 Å². The normalized spacial score (nSPS) is 15.6. The van der Waals surface area contributed by atoms with Crippen molar-refractivity contribution >= 4 is 29.1 Å². The molecule has 7 heteroatoms. The predicted molar refractivity (Wildman–Crippen MR) is 58.7 cm³/mol. The van der Waals surface area contributed by atoms with Gasteiger partial charge in [-0.1, -0.05) is 0 Å². The molecule has 1 fully saturated rings. The second-order valence-corrected chi connectivity index (χ2v) is 4.56. The molecule has 2 rings (SSSR count). The fraction of sp³-hybridized carbons (Fsp3) is 0.400. The SMILES string of the molecule is O=C(O)c1csc(CCN2C(=O)CCC2=O)n1. The van der Waals surface area contributed by atoms with Crippen molar-refractivity contribution in [2.24, 2.45) is 0 Å². The molecule has 1 aliphatic heterocycles. The molecule has 17 heavy (non-hydrogen) atoms. The van der Waals surface area contributed by atoms with Crippen molar-refractivity contribution in [3.05, 3.63) is 16.1 Å². The monoisotopic (exact) mass is 254 g/mol. The molecule has 0 unspecified atom stereocenters. The van der Waals surface area contributed by atoms with E-state index in [1.807, 2.05) is 0 Å². The lowest BCUT2D eigenvalue weighted by Crippen LogP contribution is -2.31. The first-order valence-corrected chi connectivity index (χ1v) is 5.97. The summed E-state index contributed by atoms with van der Waals surface area (Å²) in [5, 5.41) is 10.8. The van der Waals surface area contributed by atoms with Crippen LogP contribution in [-0.4, -0.2) is 39.3 Å². The van der Waals surface area contributed by atoms with Crippen LogP contribution < -0.4 is 0 Å². The summed E-state index contributed by atoms with van der Waals surface area (Å²) in [7, 11) is 0. The maximum atomic E-state index is 11.3. The van der Waals surface area contributed by atoms with Crippen LogP contribution in [0.2, 0.25) is 0 Å². The first-order chi connectivity index (χ1) is 8.08. The number of hydrogen-bond acceptors (Lipinski definition) is 5. The van der Waals surface area contributed by atoms with Crippen molar-refractivity contribution in [2.45, 2.75) is 19.3 Å². The fourth-order valence-electron chi connectivity index (χ4n) is 1.60. The highest BCUT2D eigenvalue weighted by Gasteiger charge is 2.28. The Morgan fingerprint density at radius 2 is 2.06 bits per heavy atom. The highest BCUT2D eigenvalue weighted by molar-refractivity contribution is 7.09. The molecule has 2 amide bonds. The highest BCUT2D eigenvalue weighted by atomic mass is 32.1. The van der Waals surface area contributed by atoms with Gasteiger partial charge in [-0.15, -0.1) is 11.3 Å².